The van der Waals surface area contributed by atoms with Crippen molar-refractivity contribution in [2.75, 3.05) is 13.2 Å². The fourth-order valence-electron chi connectivity index (χ4n) is 0.909. The van der Waals surface area contributed by atoms with Crippen molar-refractivity contribution in [3.63, 3.8) is 0 Å². The molecule has 0 aromatic carbocycles. The summed E-state index contributed by atoms with van der Waals surface area (Å²) in [6.45, 7) is -0.212. The minimum Gasteiger partial charge on any atom is -0.394 e. The highest BCUT2D eigenvalue weighted by Crippen LogP contribution is 2.10. The number of hydrogen-bond acceptors (Lipinski definition) is 4. The van der Waals surface area contributed by atoms with Gasteiger partial charge in [0.1, 0.15) is 12.7 Å². The highest BCUT2D eigenvalue weighted by Gasteiger charge is 2.27. The Morgan fingerprint density at radius 1 is 1.70 bits per heavy atom. The molecular weight excluding hydrogens is 136 g/mol. The summed E-state index contributed by atoms with van der Waals surface area (Å²) in [7, 11) is 0. The van der Waals surface area contributed by atoms with E-state index < -0.39 is 12.2 Å². The van der Waals surface area contributed by atoms with Gasteiger partial charge in [0.15, 0.2) is 5.78 Å². The van der Waals surface area contributed by atoms with Gasteiger partial charge in [-0.2, -0.15) is 0 Å². The molecule has 0 aliphatic carbocycles. The maximum absolute atomic E-state index is 10.6. The van der Waals surface area contributed by atoms with Crippen LogP contribution in [0.1, 0.15) is 6.42 Å². The van der Waals surface area contributed by atoms with Gasteiger partial charge in [-0.1, -0.05) is 0 Å². The van der Waals surface area contributed by atoms with Gasteiger partial charge in [0.25, 0.3) is 0 Å². The first-order chi connectivity index (χ1) is 4.74. The highest BCUT2D eigenvalue weighted by atomic mass is 16.5. The average molecular weight is 146 g/mol. The van der Waals surface area contributed by atoms with Gasteiger partial charge in [-0.3, -0.25) is 4.79 Å². The second-order valence-electron chi connectivity index (χ2n) is 2.34. The lowest BCUT2D eigenvalue weighted by molar-refractivity contribution is -0.146. The molecule has 1 aliphatic rings. The summed E-state index contributed by atoms with van der Waals surface area (Å²) in [5.41, 5.74) is 0. The van der Waals surface area contributed by atoms with Crippen molar-refractivity contribution >= 4 is 5.78 Å². The van der Waals surface area contributed by atoms with E-state index in [1.807, 2.05) is 0 Å². The lowest BCUT2D eigenvalue weighted by atomic mass is 10.1. The van der Waals surface area contributed by atoms with Crippen molar-refractivity contribution < 1.29 is 19.7 Å². The Morgan fingerprint density at radius 2 is 2.40 bits per heavy atom. The molecule has 0 radical (unpaired) electrons. The third-order valence-corrected chi connectivity index (χ3v) is 1.50. The van der Waals surface area contributed by atoms with Crippen molar-refractivity contribution in [1.82, 2.24) is 0 Å². The molecule has 0 aromatic rings. The van der Waals surface area contributed by atoms with Gasteiger partial charge in [-0.15, -0.1) is 0 Å². The summed E-state index contributed by atoms with van der Waals surface area (Å²) in [5.74, 6) is -0.114. The van der Waals surface area contributed by atoms with Crippen molar-refractivity contribution in [3.8, 4) is 0 Å². The monoisotopic (exact) mass is 146 g/mol. The van der Waals surface area contributed by atoms with E-state index in [2.05, 4.69) is 0 Å². The second-order valence-corrected chi connectivity index (χ2v) is 2.34. The zero-order chi connectivity index (χ0) is 7.56. The molecule has 4 nitrogen and oxygen atoms in total. The van der Waals surface area contributed by atoms with Crippen molar-refractivity contribution in [1.29, 1.82) is 0 Å². The number of ether oxygens (including phenoxy) is 1. The van der Waals surface area contributed by atoms with Gasteiger partial charge in [0.05, 0.1) is 12.7 Å². The summed E-state index contributed by atoms with van der Waals surface area (Å²) >= 11 is 0. The van der Waals surface area contributed by atoms with Crippen LogP contribution in [0, 0.1) is 0 Å². The molecule has 2 atom stereocenters. The van der Waals surface area contributed by atoms with Crippen LogP contribution in [-0.4, -0.2) is 41.4 Å². The molecule has 1 rings (SSSR count). The molecule has 1 aliphatic heterocycles. The van der Waals surface area contributed by atoms with Crippen molar-refractivity contribution in [2.45, 2.75) is 18.6 Å². The number of rotatable bonds is 1. The number of hydrogen-bond donors (Lipinski definition) is 2. The van der Waals surface area contributed by atoms with E-state index in [1.165, 1.54) is 0 Å². The Balaban J connectivity index is 2.43. The Bertz CT molecular complexity index is 134. The summed E-state index contributed by atoms with van der Waals surface area (Å²) in [6, 6.07) is 0. The smallest absolute Gasteiger partial charge is 0.161 e. The summed E-state index contributed by atoms with van der Waals surface area (Å²) < 4.78 is 4.80. The molecule has 0 spiro atoms. The molecule has 0 aromatic heterocycles. The number of Topliss-reactive ketones (excluding diaryl/α,β-unsaturated/α-hetero) is 1. The summed E-state index contributed by atoms with van der Waals surface area (Å²) in [4.78, 5) is 10.6. The zero-order valence-electron chi connectivity index (χ0n) is 5.49. The van der Waals surface area contributed by atoms with Gasteiger partial charge in [0.2, 0.25) is 0 Å². The SMILES string of the molecule is O=C1CO[C@@H](CO)C(O)C1. The largest absolute Gasteiger partial charge is 0.394 e. The Labute approximate surface area is 58.4 Å². The molecule has 4 heteroatoms. The van der Waals surface area contributed by atoms with E-state index in [9.17, 15) is 4.79 Å². The predicted molar refractivity (Wildman–Crippen MR) is 32.5 cm³/mol. The van der Waals surface area contributed by atoms with Crippen LogP contribution in [0.15, 0.2) is 0 Å². The topological polar surface area (TPSA) is 66.8 Å². The molecule has 1 fully saturated rings. The van der Waals surface area contributed by atoms with E-state index in [-0.39, 0.29) is 25.4 Å². The van der Waals surface area contributed by atoms with E-state index >= 15 is 0 Å². The van der Waals surface area contributed by atoms with Gasteiger partial charge < -0.3 is 14.9 Å². The quantitative estimate of drug-likeness (QED) is 0.482. The standard InChI is InChI=1S/C6H10O4/c7-2-6-5(9)1-4(8)3-10-6/h5-7,9H,1-3H2/t5?,6-/m0/s1. The first-order valence-corrected chi connectivity index (χ1v) is 3.16. The minimum atomic E-state index is -0.828. The number of ketones is 1. The average Bonchev–Trinajstić information content (AvgIpc) is 1.88. The van der Waals surface area contributed by atoms with Gasteiger partial charge in [-0.25, -0.2) is 0 Å². The molecule has 58 valence electrons. The van der Waals surface area contributed by atoms with Gasteiger partial charge >= 0.3 is 0 Å². The van der Waals surface area contributed by atoms with Crippen molar-refractivity contribution in [3.05, 3.63) is 0 Å². The predicted octanol–water partition coefficient (Wildman–Crippen LogP) is -1.30. The molecule has 0 amide bonds. The molecule has 2 N–H and O–H groups in total. The Morgan fingerprint density at radius 3 is 2.90 bits per heavy atom. The van der Waals surface area contributed by atoms with Crippen LogP contribution in [0.4, 0.5) is 0 Å². The molecular formula is C6H10O4. The van der Waals surface area contributed by atoms with Crippen molar-refractivity contribution in [2.24, 2.45) is 0 Å². The molecule has 10 heavy (non-hydrogen) atoms. The highest BCUT2D eigenvalue weighted by molar-refractivity contribution is 5.80. The number of carbonyl (C=O) groups is 1. The van der Waals surface area contributed by atoms with Crippen LogP contribution in [-0.2, 0) is 9.53 Å². The maximum atomic E-state index is 10.6. The van der Waals surface area contributed by atoms with Crippen LogP contribution in [0.25, 0.3) is 0 Å². The third kappa shape index (κ3) is 1.53. The lowest BCUT2D eigenvalue weighted by Crippen LogP contribution is -2.40. The molecule has 1 saturated heterocycles. The van der Waals surface area contributed by atoms with Crippen LogP contribution < -0.4 is 0 Å². The molecule has 0 saturated carbocycles. The number of aliphatic hydroxyl groups is 2. The van der Waals surface area contributed by atoms with E-state index in [0.717, 1.165) is 0 Å². The van der Waals surface area contributed by atoms with E-state index in [1.54, 1.807) is 0 Å². The minimum absolute atomic E-state index is 0.0162. The summed E-state index contributed by atoms with van der Waals surface area (Å²) in [6.07, 6.45) is -1.30. The second kappa shape index (κ2) is 3.09. The van der Waals surface area contributed by atoms with E-state index in [0.29, 0.717) is 0 Å². The molecule has 1 unspecified atom stereocenters. The third-order valence-electron chi connectivity index (χ3n) is 1.50. The van der Waals surface area contributed by atoms with Gasteiger partial charge in [-0.05, 0) is 0 Å². The molecule has 1 heterocycles. The van der Waals surface area contributed by atoms with Crippen LogP contribution in [0.5, 0.6) is 0 Å². The van der Waals surface area contributed by atoms with Crippen LogP contribution in [0.2, 0.25) is 0 Å². The van der Waals surface area contributed by atoms with Crippen LogP contribution in [0.3, 0.4) is 0 Å². The first kappa shape index (κ1) is 7.65. The zero-order valence-corrected chi connectivity index (χ0v) is 5.49. The first-order valence-electron chi connectivity index (χ1n) is 3.16. The molecule has 0 bridgehead atoms. The Kier molecular flexibility index (Phi) is 2.37. The lowest BCUT2D eigenvalue weighted by Gasteiger charge is -2.25. The fourth-order valence-corrected chi connectivity index (χ4v) is 0.909. The van der Waals surface area contributed by atoms with Crippen LogP contribution >= 0.6 is 0 Å². The normalized spacial score (nSPS) is 34.4. The number of aliphatic hydroxyl groups excluding tert-OH is 2. The maximum Gasteiger partial charge on any atom is 0.161 e. The fraction of sp³-hybridized carbons (Fsp3) is 0.833. The summed E-state index contributed by atoms with van der Waals surface area (Å²) in [5, 5.41) is 17.6. The number of carbonyl (C=O) groups excluding carboxylic acids is 1. The van der Waals surface area contributed by atoms with Gasteiger partial charge in [0, 0.05) is 6.42 Å². The Hall–Kier alpha value is -0.450. The van der Waals surface area contributed by atoms with E-state index in [4.69, 9.17) is 14.9 Å².